The van der Waals surface area contributed by atoms with Crippen LogP contribution < -0.4 is 5.32 Å². The van der Waals surface area contributed by atoms with Crippen LogP contribution in [0.15, 0.2) is 63.7 Å². The molecule has 2 aromatic carbocycles. The third kappa shape index (κ3) is 2.52. The number of hydrogen-bond donors (Lipinski definition) is 1. The molecule has 3 nitrogen and oxygen atoms in total. The molecule has 0 aromatic heterocycles. The van der Waals surface area contributed by atoms with E-state index in [4.69, 9.17) is 11.6 Å². The number of ketones is 2. The zero-order valence-corrected chi connectivity index (χ0v) is 13.0. The van der Waals surface area contributed by atoms with Gasteiger partial charge in [0.05, 0.1) is 0 Å². The molecule has 0 saturated carbocycles. The predicted octanol–water partition coefficient (Wildman–Crippen LogP) is 4.39. The lowest BCUT2D eigenvalue weighted by Crippen LogP contribution is -2.24. The summed E-state index contributed by atoms with van der Waals surface area (Å²) in [6, 6.07) is 13.9. The summed E-state index contributed by atoms with van der Waals surface area (Å²) < 4.78 is 0.860. The Labute approximate surface area is 134 Å². The molecule has 1 aliphatic rings. The van der Waals surface area contributed by atoms with Crippen molar-refractivity contribution in [1.82, 2.24) is 0 Å². The summed E-state index contributed by atoms with van der Waals surface area (Å²) in [6.45, 7) is 0. The van der Waals surface area contributed by atoms with Gasteiger partial charge in [-0.25, -0.2) is 0 Å². The highest BCUT2D eigenvalue weighted by atomic mass is 79.9. The van der Waals surface area contributed by atoms with Crippen LogP contribution in [0.4, 0.5) is 5.69 Å². The van der Waals surface area contributed by atoms with E-state index in [9.17, 15) is 9.59 Å². The van der Waals surface area contributed by atoms with Crippen LogP contribution in [-0.2, 0) is 0 Å². The number of rotatable bonds is 2. The van der Waals surface area contributed by atoms with Crippen molar-refractivity contribution in [2.45, 2.75) is 0 Å². The summed E-state index contributed by atoms with van der Waals surface area (Å²) in [5, 5.41) is 2.86. The number of hydrogen-bond acceptors (Lipinski definition) is 3. The van der Waals surface area contributed by atoms with E-state index in [1.165, 1.54) is 0 Å². The van der Waals surface area contributed by atoms with Gasteiger partial charge in [-0.3, -0.25) is 9.59 Å². The van der Waals surface area contributed by atoms with Gasteiger partial charge >= 0.3 is 0 Å². The summed E-state index contributed by atoms with van der Waals surface area (Å²) in [7, 11) is 0. The molecule has 0 bridgehead atoms. The van der Waals surface area contributed by atoms with Crippen molar-refractivity contribution in [2.75, 3.05) is 5.32 Å². The fourth-order valence-corrected chi connectivity index (χ4v) is 2.80. The summed E-state index contributed by atoms with van der Waals surface area (Å²) in [6.07, 6.45) is 0. The Hall–Kier alpha value is -1.91. The van der Waals surface area contributed by atoms with Gasteiger partial charge in [-0.15, -0.1) is 0 Å². The Morgan fingerprint density at radius 1 is 0.905 bits per heavy atom. The fraction of sp³-hybridized carbons (Fsp3) is 0. The van der Waals surface area contributed by atoms with Crippen molar-refractivity contribution in [3.05, 3.63) is 74.9 Å². The molecule has 104 valence electrons. The highest BCUT2D eigenvalue weighted by molar-refractivity contribution is 9.10. The Balaban J connectivity index is 2.05. The first-order valence-corrected chi connectivity index (χ1v) is 7.36. The molecule has 0 saturated heterocycles. The highest BCUT2D eigenvalue weighted by Gasteiger charge is 2.31. The smallest absolute Gasteiger partial charge is 0.211 e. The van der Waals surface area contributed by atoms with E-state index in [0.29, 0.717) is 16.8 Å². The topological polar surface area (TPSA) is 46.2 Å². The average molecular weight is 363 g/mol. The number of carbonyl (C=O) groups excluding carboxylic acids is 2. The molecule has 1 aliphatic carbocycles. The fourth-order valence-electron chi connectivity index (χ4n) is 2.17. The molecule has 0 heterocycles. The molecule has 3 rings (SSSR count). The third-order valence-electron chi connectivity index (χ3n) is 3.16. The molecule has 5 heteroatoms. The minimum Gasteiger partial charge on any atom is -0.351 e. The van der Waals surface area contributed by atoms with Gasteiger partial charge in [-0.05, 0) is 18.2 Å². The largest absolute Gasteiger partial charge is 0.351 e. The monoisotopic (exact) mass is 361 g/mol. The summed E-state index contributed by atoms with van der Waals surface area (Å²) in [5.74, 6) is -0.625. The number of allylic oxidation sites excluding steroid dienone is 2. The van der Waals surface area contributed by atoms with Gasteiger partial charge in [-0.2, -0.15) is 0 Å². The van der Waals surface area contributed by atoms with Crippen LogP contribution in [0.3, 0.4) is 0 Å². The van der Waals surface area contributed by atoms with Crippen LogP contribution in [0.1, 0.15) is 20.7 Å². The highest BCUT2D eigenvalue weighted by Crippen LogP contribution is 2.29. The maximum Gasteiger partial charge on any atom is 0.211 e. The number of nitrogens with one attached hydrogen (secondary N) is 1. The van der Waals surface area contributed by atoms with E-state index >= 15 is 0 Å². The van der Waals surface area contributed by atoms with Crippen LogP contribution >= 0.6 is 27.5 Å². The standard InChI is InChI=1S/C16H9BrClNO2/c17-9-4-3-5-10(8-9)19-14-13(18)15(20)11-6-1-2-7-12(11)16(14)21/h1-8,19H. The SMILES string of the molecule is O=C1C(Cl)=C(Nc2cccc(Br)c2)C(=O)c2ccccc21. The molecule has 0 amide bonds. The average Bonchev–Trinajstić information content (AvgIpc) is 2.49. The molecular weight excluding hydrogens is 354 g/mol. The maximum absolute atomic E-state index is 12.5. The van der Waals surface area contributed by atoms with Gasteiger partial charge in [0.25, 0.3) is 0 Å². The van der Waals surface area contributed by atoms with Crippen molar-refractivity contribution >= 4 is 44.8 Å². The second kappa shape index (κ2) is 5.47. The second-order valence-electron chi connectivity index (χ2n) is 4.53. The Bertz CT molecular complexity index is 798. The molecule has 1 N–H and O–H groups in total. The normalized spacial score (nSPS) is 14.2. The van der Waals surface area contributed by atoms with Crippen molar-refractivity contribution in [1.29, 1.82) is 0 Å². The molecule has 0 fully saturated rings. The minimum atomic E-state index is -0.343. The predicted molar refractivity (Wildman–Crippen MR) is 85.7 cm³/mol. The van der Waals surface area contributed by atoms with E-state index in [1.54, 1.807) is 36.4 Å². The first-order chi connectivity index (χ1) is 10.1. The van der Waals surface area contributed by atoms with Crippen LogP contribution in [0.2, 0.25) is 0 Å². The van der Waals surface area contributed by atoms with Gasteiger partial charge in [0.15, 0.2) is 0 Å². The zero-order valence-electron chi connectivity index (χ0n) is 10.7. The quantitative estimate of drug-likeness (QED) is 0.862. The number of fused-ring (bicyclic) bond motifs is 1. The van der Waals surface area contributed by atoms with Gasteiger partial charge in [0.1, 0.15) is 10.7 Å². The van der Waals surface area contributed by atoms with E-state index in [1.807, 2.05) is 12.1 Å². The van der Waals surface area contributed by atoms with Gasteiger partial charge in [-0.1, -0.05) is 57.9 Å². The van der Waals surface area contributed by atoms with Crippen LogP contribution in [0.25, 0.3) is 0 Å². The minimum absolute atomic E-state index is 0.0846. The molecule has 0 radical (unpaired) electrons. The van der Waals surface area contributed by atoms with E-state index in [0.717, 1.165) is 4.47 Å². The third-order valence-corrected chi connectivity index (χ3v) is 4.01. The molecule has 2 aromatic rings. The Morgan fingerprint density at radius 2 is 1.57 bits per heavy atom. The Kier molecular flexibility index (Phi) is 3.66. The number of Topliss-reactive ketones (excluding diaryl/α,β-unsaturated/α-hetero) is 2. The first-order valence-electron chi connectivity index (χ1n) is 6.18. The van der Waals surface area contributed by atoms with Crippen molar-refractivity contribution < 1.29 is 9.59 Å². The van der Waals surface area contributed by atoms with E-state index in [2.05, 4.69) is 21.2 Å². The second-order valence-corrected chi connectivity index (χ2v) is 5.82. The molecule has 21 heavy (non-hydrogen) atoms. The molecule has 0 unspecified atom stereocenters. The lowest BCUT2D eigenvalue weighted by atomic mass is 9.92. The summed E-state index contributed by atoms with van der Waals surface area (Å²) in [4.78, 5) is 24.7. The Morgan fingerprint density at radius 3 is 2.24 bits per heavy atom. The molecular formula is C16H9BrClNO2. The van der Waals surface area contributed by atoms with Crippen LogP contribution in [0.5, 0.6) is 0 Å². The number of anilines is 1. The summed E-state index contributed by atoms with van der Waals surface area (Å²) in [5.41, 5.74) is 1.49. The van der Waals surface area contributed by atoms with E-state index < -0.39 is 0 Å². The zero-order chi connectivity index (χ0) is 15.0. The number of carbonyl (C=O) groups is 2. The van der Waals surface area contributed by atoms with Gasteiger partial charge in [0.2, 0.25) is 11.6 Å². The van der Waals surface area contributed by atoms with Crippen LogP contribution in [0, 0.1) is 0 Å². The number of benzene rings is 2. The maximum atomic E-state index is 12.5. The van der Waals surface area contributed by atoms with Crippen molar-refractivity contribution in [3.8, 4) is 0 Å². The van der Waals surface area contributed by atoms with Crippen molar-refractivity contribution in [3.63, 3.8) is 0 Å². The lowest BCUT2D eigenvalue weighted by Gasteiger charge is -2.19. The van der Waals surface area contributed by atoms with Gasteiger partial charge in [0, 0.05) is 21.3 Å². The van der Waals surface area contributed by atoms with E-state index in [-0.39, 0.29) is 22.3 Å². The van der Waals surface area contributed by atoms with Crippen molar-refractivity contribution in [2.24, 2.45) is 0 Å². The number of halogens is 2. The van der Waals surface area contributed by atoms with Crippen LogP contribution in [-0.4, -0.2) is 11.6 Å². The molecule has 0 aliphatic heterocycles. The first kappa shape index (κ1) is 14.0. The molecule has 0 spiro atoms. The lowest BCUT2D eigenvalue weighted by molar-refractivity contribution is 0.0982. The molecule has 0 atom stereocenters. The van der Waals surface area contributed by atoms with Gasteiger partial charge < -0.3 is 5.32 Å². The summed E-state index contributed by atoms with van der Waals surface area (Å²) >= 11 is 9.43.